The molecule has 1 aromatic carbocycles. The normalized spacial score (nSPS) is 22.5. The summed E-state index contributed by atoms with van der Waals surface area (Å²) in [6.45, 7) is 6.30. The Labute approximate surface area is 137 Å². The standard InChI is InChI=1S/C17H25ClN2O2/c1-17(2,3)22-16(21)20-9-8-14(19)11-15(20)10-12-4-6-13(18)7-5-12/h4-7,14-15H,8-11,19H2,1-3H3. The number of likely N-dealkylation sites (tertiary alicyclic amines) is 1. The molecule has 1 fully saturated rings. The highest BCUT2D eigenvalue weighted by Crippen LogP contribution is 2.23. The number of carbonyl (C=O) groups is 1. The molecule has 2 rings (SSSR count). The minimum absolute atomic E-state index is 0.0692. The van der Waals surface area contributed by atoms with E-state index in [-0.39, 0.29) is 18.2 Å². The van der Waals surface area contributed by atoms with Gasteiger partial charge in [0.2, 0.25) is 0 Å². The second-order valence-corrected chi connectivity index (χ2v) is 7.38. The molecular weight excluding hydrogens is 300 g/mol. The van der Waals surface area contributed by atoms with Gasteiger partial charge < -0.3 is 15.4 Å². The fourth-order valence-electron chi connectivity index (χ4n) is 2.73. The average molecular weight is 325 g/mol. The van der Waals surface area contributed by atoms with Crippen LogP contribution in [0.15, 0.2) is 24.3 Å². The third kappa shape index (κ3) is 4.89. The summed E-state index contributed by atoms with van der Waals surface area (Å²) in [5, 5.41) is 0.716. The molecule has 0 aliphatic carbocycles. The monoisotopic (exact) mass is 324 g/mol. The highest BCUT2D eigenvalue weighted by molar-refractivity contribution is 6.30. The van der Waals surface area contributed by atoms with E-state index in [1.807, 2.05) is 49.9 Å². The lowest BCUT2D eigenvalue weighted by molar-refractivity contribution is 0.00844. The Kier molecular flexibility index (Phi) is 5.35. The van der Waals surface area contributed by atoms with Crippen molar-refractivity contribution in [1.82, 2.24) is 4.90 Å². The van der Waals surface area contributed by atoms with E-state index >= 15 is 0 Å². The molecule has 4 nitrogen and oxygen atoms in total. The third-order valence-corrected chi connectivity index (χ3v) is 4.02. The van der Waals surface area contributed by atoms with Gasteiger partial charge in [-0.15, -0.1) is 0 Å². The number of rotatable bonds is 2. The van der Waals surface area contributed by atoms with Crippen LogP contribution in [-0.2, 0) is 11.2 Å². The Hall–Kier alpha value is -1.26. The number of amides is 1. The number of hydrogen-bond acceptors (Lipinski definition) is 3. The molecule has 2 N–H and O–H groups in total. The van der Waals surface area contributed by atoms with Crippen molar-refractivity contribution in [2.24, 2.45) is 5.73 Å². The smallest absolute Gasteiger partial charge is 0.410 e. The number of ether oxygens (including phenoxy) is 1. The lowest BCUT2D eigenvalue weighted by Gasteiger charge is -2.39. The van der Waals surface area contributed by atoms with Crippen LogP contribution in [0.4, 0.5) is 4.79 Å². The van der Waals surface area contributed by atoms with Crippen molar-refractivity contribution in [2.45, 2.75) is 57.7 Å². The number of hydrogen-bond donors (Lipinski definition) is 1. The van der Waals surface area contributed by atoms with Gasteiger partial charge in [0, 0.05) is 23.7 Å². The molecule has 0 bridgehead atoms. The number of halogens is 1. The predicted octanol–water partition coefficient (Wildman–Crippen LogP) is 3.61. The number of nitrogens with zero attached hydrogens (tertiary/aromatic N) is 1. The summed E-state index contributed by atoms with van der Waals surface area (Å²) in [6, 6.07) is 7.94. The van der Waals surface area contributed by atoms with Crippen LogP contribution >= 0.6 is 11.6 Å². The topological polar surface area (TPSA) is 55.6 Å². The molecule has 1 aromatic rings. The second kappa shape index (κ2) is 6.88. The lowest BCUT2D eigenvalue weighted by Crippen LogP contribution is -2.51. The summed E-state index contributed by atoms with van der Waals surface area (Å²) in [6.07, 6.45) is 2.13. The highest BCUT2D eigenvalue weighted by Gasteiger charge is 2.33. The van der Waals surface area contributed by atoms with Crippen LogP contribution < -0.4 is 5.73 Å². The molecule has 5 heteroatoms. The first-order valence-electron chi connectivity index (χ1n) is 7.74. The maximum Gasteiger partial charge on any atom is 0.410 e. The minimum atomic E-state index is -0.485. The maximum atomic E-state index is 12.4. The van der Waals surface area contributed by atoms with E-state index in [2.05, 4.69) is 0 Å². The molecule has 1 amide bonds. The van der Waals surface area contributed by atoms with Gasteiger partial charge >= 0.3 is 6.09 Å². The Morgan fingerprint density at radius 3 is 2.59 bits per heavy atom. The van der Waals surface area contributed by atoms with Crippen molar-refractivity contribution >= 4 is 17.7 Å². The zero-order chi connectivity index (χ0) is 16.3. The molecule has 2 atom stereocenters. The van der Waals surface area contributed by atoms with E-state index in [1.165, 1.54) is 0 Å². The summed E-state index contributed by atoms with van der Waals surface area (Å²) in [5.41, 5.74) is 6.76. The predicted molar refractivity (Wildman–Crippen MR) is 89.1 cm³/mol. The molecule has 2 unspecified atom stereocenters. The van der Waals surface area contributed by atoms with Crippen LogP contribution in [0.2, 0.25) is 5.02 Å². The molecule has 122 valence electrons. The van der Waals surface area contributed by atoms with Gasteiger partial charge in [0.1, 0.15) is 5.60 Å². The van der Waals surface area contributed by atoms with Crippen LogP contribution in [0.1, 0.15) is 39.2 Å². The van der Waals surface area contributed by atoms with Gasteiger partial charge in [-0.3, -0.25) is 0 Å². The molecule has 0 aromatic heterocycles. The van der Waals surface area contributed by atoms with Crippen molar-refractivity contribution in [1.29, 1.82) is 0 Å². The number of piperidine rings is 1. The fraction of sp³-hybridized carbons (Fsp3) is 0.588. The highest BCUT2D eigenvalue weighted by atomic mass is 35.5. The van der Waals surface area contributed by atoms with Crippen molar-refractivity contribution in [3.63, 3.8) is 0 Å². The average Bonchev–Trinajstić information content (AvgIpc) is 2.39. The minimum Gasteiger partial charge on any atom is -0.444 e. The maximum absolute atomic E-state index is 12.4. The lowest BCUT2D eigenvalue weighted by atomic mass is 9.93. The molecule has 0 radical (unpaired) electrons. The van der Waals surface area contributed by atoms with Crippen molar-refractivity contribution in [3.05, 3.63) is 34.9 Å². The van der Waals surface area contributed by atoms with Crippen LogP contribution in [0.3, 0.4) is 0 Å². The number of nitrogens with two attached hydrogens (primary N) is 1. The second-order valence-electron chi connectivity index (χ2n) is 6.94. The summed E-state index contributed by atoms with van der Waals surface area (Å²) in [5.74, 6) is 0. The van der Waals surface area contributed by atoms with Crippen LogP contribution in [0.5, 0.6) is 0 Å². The van der Waals surface area contributed by atoms with E-state index < -0.39 is 5.60 Å². The van der Waals surface area contributed by atoms with Crippen molar-refractivity contribution in [3.8, 4) is 0 Å². The summed E-state index contributed by atoms with van der Waals surface area (Å²) >= 11 is 5.92. The molecule has 1 saturated heterocycles. The van der Waals surface area contributed by atoms with Gasteiger partial charge in [-0.1, -0.05) is 23.7 Å². The van der Waals surface area contributed by atoms with E-state index in [0.29, 0.717) is 11.6 Å². The quantitative estimate of drug-likeness (QED) is 0.904. The van der Waals surface area contributed by atoms with E-state index in [9.17, 15) is 4.79 Å². The van der Waals surface area contributed by atoms with E-state index in [4.69, 9.17) is 22.1 Å². The first-order chi connectivity index (χ1) is 10.2. The third-order valence-electron chi connectivity index (χ3n) is 3.77. The Balaban J connectivity index is 2.09. The molecule has 1 aliphatic heterocycles. The van der Waals surface area contributed by atoms with Gasteiger partial charge in [-0.2, -0.15) is 0 Å². The van der Waals surface area contributed by atoms with Crippen LogP contribution in [0.25, 0.3) is 0 Å². The summed E-state index contributed by atoms with van der Waals surface area (Å²) in [7, 11) is 0. The van der Waals surface area contributed by atoms with E-state index in [1.54, 1.807) is 0 Å². The van der Waals surface area contributed by atoms with Gasteiger partial charge in [-0.05, 0) is 57.7 Å². The summed E-state index contributed by atoms with van der Waals surface area (Å²) in [4.78, 5) is 14.2. The molecule has 1 aliphatic rings. The molecule has 0 spiro atoms. The first-order valence-corrected chi connectivity index (χ1v) is 8.12. The Morgan fingerprint density at radius 2 is 2.00 bits per heavy atom. The number of benzene rings is 1. The largest absolute Gasteiger partial charge is 0.444 e. The Morgan fingerprint density at radius 1 is 1.36 bits per heavy atom. The van der Waals surface area contributed by atoms with Gasteiger partial charge in [0.15, 0.2) is 0 Å². The molecule has 22 heavy (non-hydrogen) atoms. The zero-order valence-electron chi connectivity index (χ0n) is 13.5. The van der Waals surface area contributed by atoms with Crippen molar-refractivity contribution in [2.75, 3.05) is 6.54 Å². The van der Waals surface area contributed by atoms with Crippen LogP contribution in [0, 0.1) is 0 Å². The van der Waals surface area contributed by atoms with Crippen molar-refractivity contribution < 1.29 is 9.53 Å². The zero-order valence-corrected chi connectivity index (χ0v) is 14.3. The fourth-order valence-corrected chi connectivity index (χ4v) is 2.86. The molecular formula is C17H25ClN2O2. The summed E-state index contributed by atoms with van der Waals surface area (Å²) < 4.78 is 5.52. The number of carbonyl (C=O) groups excluding carboxylic acids is 1. The SMILES string of the molecule is CC(C)(C)OC(=O)N1CCC(N)CC1Cc1ccc(Cl)cc1. The van der Waals surface area contributed by atoms with Gasteiger partial charge in [-0.25, -0.2) is 4.79 Å². The molecule has 0 saturated carbocycles. The van der Waals surface area contributed by atoms with E-state index in [0.717, 1.165) is 24.8 Å². The van der Waals surface area contributed by atoms with Gasteiger partial charge in [0.25, 0.3) is 0 Å². The first kappa shape index (κ1) is 17.1. The Bertz CT molecular complexity index is 510. The van der Waals surface area contributed by atoms with Crippen LogP contribution in [-0.4, -0.2) is 35.2 Å². The van der Waals surface area contributed by atoms with Gasteiger partial charge in [0.05, 0.1) is 0 Å². The molecule has 1 heterocycles.